The number of likely N-dealkylation sites (tertiary alicyclic amines) is 2. The monoisotopic (exact) mass is 853 g/mol. The minimum absolute atomic E-state index is 0.117. The standard InChI is InChI=1S/C44H51N7O7S2/c1-21(2)37(48-43(54)56-7)41(52)50-19-23(5)13-30(50)39-45-27-11-9-25(15-28(27)46-39)33-17-35-36(59-33)18-34(60-35)26-10-12-32-29(16-26)47-40(58-32)31-14-24(6)20-51(31)42(53)38(22(3)4)49-44(55)57-8/h9-12,15-18,21-24,30-31,37-38H,13-14,19-20H2,1-8H3,(H,45,46)(H,48,54)(H,49,55)/t23-,24-,30-,31-,37-,38-/m0/s1. The molecule has 2 fully saturated rings. The number of amides is 4. The van der Waals surface area contributed by atoms with E-state index in [9.17, 15) is 19.2 Å². The van der Waals surface area contributed by atoms with E-state index in [1.165, 1.54) is 23.6 Å². The lowest BCUT2D eigenvalue weighted by molar-refractivity contribution is -0.136. The van der Waals surface area contributed by atoms with Gasteiger partial charge in [-0.25, -0.2) is 19.6 Å². The molecular formula is C44H51N7O7S2. The van der Waals surface area contributed by atoms with Crippen LogP contribution in [0.4, 0.5) is 9.59 Å². The fraction of sp³-hybridized carbons (Fsp3) is 0.455. The lowest BCUT2D eigenvalue weighted by atomic mass is 10.0. The molecule has 0 unspecified atom stereocenters. The Morgan fingerprint density at radius 2 is 1.27 bits per heavy atom. The number of hydrogen-bond acceptors (Lipinski definition) is 11. The van der Waals surface area contributed by atoms with E-state index in [-0.39, 0.29) is 47.6 Å². The SMILES string of the molecule is COC(=O)N[C@H](C(=O)N1C[C@@H](C)C[C@H]1c1nc2ccc(-c3cc4sc(-c5ccc6oc([C@@H]7C[C@H](C)CN7C(=O)[C@@H](NC(=O)OC)C(C)C)nc6c5)cc4s3)cc2[nH]1)C(C)C. The summed E-state index contributed by atoms with van der Waals surface area (Å²) < 4.78 is 18.2. The summed E-state index contributed by atoms with van der Waals surface area (Å²) in [7, 11) is 2.58. The van der Waals surface area contributed by atoms with Crippen molar-refractivity contribution in [1.29, 1.82) is 0 Å². The molecule has 14 nitrogen and oxygen atoms in total. The van der Waals surface area contributed by atoms with Crippen LogP contribution in [0.2, 0.25) is 0 Å². The molecule has 4 amide bonds. The zero-order valence-corrected chi connectivity index (χ0v) is 36.7. The highest BCUT2D eigenvalue weighted by atomic mass is 32.1. The van der Waals surface area contributed by atoms with Crippen LogP contribution in [0.1, 0.15) is 78.2 Å². The average Bonchev–Trinajstić information content (AvgIpc) is 4.07. The predicted octanol–water partition coefficient (Wildman–Crippen LogP) is 8.89. The summed E-state index contributed by atoms with van der Waals surface area (Å²) in [6.45, 7) is 13.0. The summed E-state index contributed by atoms with van der Waals surface area (Å²) in [5, 5.41) is 5.44. The van der Waals surface area contributed by atoms with E-state index in [0.717, 1.165) is 49.7 Å². The molecule has 0 bridgehead atoms. The van der Waals surface area contributed by atoms with Crippen molar-refractivity contribution in [2.45, 2.75) is 78.6 Å². The molecule has 6 heterocycles. The lowest BCUT2D eigenvalue weighted by Crippen LogP contribution is -2.51. The molecule has 2 aliphatic heterocycles. The first-order chi connectivity index (χ1) is 28.7. The number of methoxy groups -OCH3 is 2. The highest BCUT2D eigenvalue weighted by Crippen LogP contribution is 2.44. The van der Waals surface area contributed by atoms with Gasteiger partial charge in [0.1, 0.15) is 29.5 Å². The molecule has 60 heavy (non-hydrogen) atoms. The van der Waals surface area contributed by atoms with Gasteiger partial charge in [-0.1, -0.05) is 47.6 Å². The van der Waals surface area contributed by atoms with Gasteiger partial charge in [-0.15, -0.1) is 22.7 Å². The Hall–Kier alpha value is -5.48. The third kappa shape index (κ3) is 7.94. The average molecular weight is 854 g/mol. The molecule has 6 atom stereocenters. The van der Waals surface area contributed by atoms with Crippen LogP contribution in [-0.2, 0) is 19.1 Å². The Bertz CT molecular complexity index is 2390. The van der Waals surface area contributed by atoms with E-state index >= 15 is 0 Å². The first-order valence-corrected chi connectivity index (χ1v) is 22.1. The molecule has 16 heteroatoms. The molecule has 4 aromatic heterocycles. The number of aromatic nitrogens is 3. The van der Waals surface area contributed by atoms with E-state index in [1.54, 1.807) is 27.6 Å². The predicted molar refractivity (Wildman–Crippen MR) is 233 cm³/mol. The van der Waals surface area contributed by atoms with E-state index in [2.05, 4.69) is 53.7 Å². The molecule has 2 aromatic carbocycles. The third-order valence-electron chi connectivity index (χ3n) is 11.7. The number of aromatic amines is 1. The second-order valence-electron chi connectivity index (χ2n) is 16.9. The van der Waals surface area contributed by atoms with Crippen LogP contribution >= 0.6 is 22.7 Å². The van der Waals surface area contributed by atoms with E-state index in [4.69, 9.17) is 23.9 Å². The zero-order chi connectivity index (χ0) is 42.6. The van der Waals surface area contributed by atoms with Gasteiger partial charge >= 0.3 is 12.2 Å². The van der Waals surface area contributed by atoms with Crippen molar-refractivity contribution >= 4 is 78.2 Å². The Balaban J connectivity index is 1.00. The van der Waals surface area contributed by atoms with Gasteiger partial charge < -0.3 is 39.3 Å². The number of imidazole rings is 1. The fourth-order valence-electron chi connectivity index (χ4n) is 8.53. The van der Waals surface area contributed by atoms with Crippen LogP contribution in [0.25, 0.3) is 52.4 Å². The highest BCUT2D eigenvalue weighted by molar-refractivity contribution is 7.31. The Morgan fingerprint density at radius 1 is 0.733 bits per heavy atom. The maximum atomic E-state index is 13.8. The number of rotatable bonds is 10. The second kappa shape index (κ2) is 16.5. The molecule has 316 valence electrons. The minimum Gasteiger partial charge on any atom is -0.453 e. The molecule has 2 saturated heterocycles. The summed E-state index contributed by atoms with van der Waals surface area (Å²) in [6, 6.07) is 14.7. The van der Waals surface area contributed by atoms with Crippen LogP contribution in [0.3, 0.4) is 0 Å². The normalized spacial score (nSPS) is 20.4. The fourth-order valence-corrected chi connectivity index (χ4v) is 10.9. The van der Waals surface area contributed by atoms with Crippen molar-refractivity contribution in [3.05, 3.63) is 60.2 Å². The van der Waals surface area contributed by atoms with Gasteiger partial charge in [-0.05, 0) is 90.1 Å². The quantitative estimate of drug-likeness (QED) is 0.122. The first kappa shape index (κ1) is 41.3. The van der Waals surface area contributed by atoms with Gasteiger partial charge in [0.05, 0.1) is 31.3 Å². The molecule has 3 N–H and O–H groups in total. The highest BCUT2D eigenvalue weighted by Gasteiger charge is 2.42. The summed E-state index contributed by atoms with van der Waals surface area (Å²) in [6.07, 6.45) is 0.218. The van der Waals surface area contributed by atoms with Gasteiger partial charge in [0.15, 0.2) is 5.58 Å². The Labute approximate surface area is 356 Å². The topological polar surface area (TPSA) is 172 Å². The number of thiophene rings is 2. The lowest BCUT2D eigenvalue weighted by Gasteiger charge is -2.30. The first-order valence-electron chi connectivity index (χ1n) is 20.4. The molecular weight excluding hydrogens is 803 g/mol. The Morgan fingerprint density at radius 3 is 1.83 bits per heavy atom. The molecule has 0 radical (unpaired) electrons. The molecule has 0 aliphatic carbocycles. The van der Waals surface area contributed by atoms with Crippen molar-refractivity contribution in [2.24, 2.45) is 23.7 Å². The van der Waals surface area contributed by atoms with Crippen molar-refractivity contribution in [3.8, 4) is 20.9 Å². The maximum Gasteiger partial charge on any atom is 0.407 e. The smallest absolute Gasteiger partial charge is 0.407 e. The van der Waals surface area contributed by atoms with Crippen LogP contribution in [0.15, 0.2) is 52.9 Å². The molecule has 8 rings (SSSR count). The number of carbonyl (C=O) groups excluding carboxylic acids is 4. The van der Waals surface area contributed by atoms with Crippen LogP contribution in [0.5, 0.6) is 0 Å². The second-order valence-corrected chi connectivity index (χ2v) is 19.1. The van der Waals surface area contributed by atoms with Gasteiger partial charge in [0.2, 0.25) is 17.7 Å². The molecule has 2 aliphatic rings. The third-order valence-corrected chi connectivity index (χ3v) is 14.0. The number of alkyl carbamates (subject to hydrolysis) is 2. The maximum absolute atomic E-state index is 13.8. The number of ether oxygens (including phenoxy) is 2. The number of nitrogens with one attached hydrogen (secondary N) is 3. The van der Waals surface area contributed by atoms with E-state index in [0.29, 0.717) is 31.0 Å². The van der Waals surface area contributed by atoms with Crippen molar-refractivity contribution in [1.82, 2.24) is 35.4 Å². The van der Waals surface area contributed by atoms with Crippen molar-refractivity contribution < 1.29 is 33.1 Å². The van der Waals surface area contributed by atoms with Crippen molar-refractivity contribution in [3.63, 3.8) is 0 Å². The van der Waals surface area contributed by atoms with E-state index < -0.39 is 24.3 Å². The van der Waals surface area contributed by atoms with E-state index in [1.807, 2.05) is 56.9 Å². The zero-order valence-electron chi connectivity index (χ0n) is 35.0. The summed E-state index contributed by atoms with van der Waals surface area (Å²) in [4.78, 5) is 71.0. The van der Waals surface area contributed by atoms with Gasteiger partial charge in [-0.2, -0.15) is 0 Å². The van der Waals surface area contributed by atoms with Crippen LogP contribution in [0, 0.1) is 23.7 Å². The molecule has 0 saturated carbocycles. The number of nitrogens with zero attached hydrogens (tertiary/aromatic N) is 4. The number of oxazole rings is 1. The van der Waals surface area contributed by atoms with Crippen LogP contribution < -0.4 is 10.6 Å². The van der Waals surface area contributed by atoms with Crippen molar-refractivity contribution in [2.75, 3.05) is 27.3 Å². The van der Waals surface area contributed by atoms with Crippen LogP contribution in [-0.4, -0.2) is 88.1 Å². The number of carbonyl (C=O) groups is 4. The minimum atomic E-state index is -0.728. The summed E-state index contributed by atoms with van der Waals surface area (Å²) in [5.74, 6) is 1.19. The van der Waals surface area contributed by atoms with Gasteiger partial charge in [-0.3, -0.25) is 9.59 Å². The number of hydrogen-bond donors (Lipinski definition) is 3. The van der Waals surface area contributed by atoms with Gasteiger partial charge in [0.25, 0.3) is 0 Å². The number of fused-ring (bicyclic) bond motifs is 3. The summed E-state index contributed by atoms with van der Waals surface area (Å²) in [5.41, 5.74) is 5.23. The number of H-pyrrole nitrogens is 1. The molecule has 6 aromatic rings. The summed E-state index contributed by atoms with van der Waals surface area (Å²) >= 11 is 3.46. The number of benzene rings is 2. The molecule has 0 spiro atoms. The largest absolute Gasteiger partial charge is 0.453 e. The van der Waals surface area contributed by atoms with Gasteiger partial charge in [0, 0.05) is 32.2 Å². The Kier molecular flexibility index (Phi) is 11.4.